The Kier molecular flexibility index (Phi) is 4.28. The number of hydrogen-bond acceptors (Lipinski definition) is 5. The van der Waals surface area contributed by atoms with Gasteiger partial charge in [-0.25, -0.2) is 0 Å². The van der Waals surface area contributed by atoms with Crippen LogP contribution in [0.25, 0.3) is 10.9 Å². The number of ether oxygens (including phenoxy) is 2. The fourth-order valence-electron chi connectivity index (χ4n) is 3.34. The Morgan fingerprint density at radius 3 is 2.74 bits per heavy atom. The van der Waals surface area contributed by atoms with E-state index >= 15 is 0 Å². The van der Waals surface area contributed by atoms with E-state index < -0.39 is 10.1 Å². The quantitative estimate of drug-likeness (QED) is 0.695. The number of fused-ring (bicyclic) bond motifs is 3. The van der Waals surface area contributed by atoms with E-state index in [2.05, 4.69) is 4.98 Å². The molecular weight excluding hydrogens is 366 g/mol. The molecule has 0 spiro atoms. The number of pyridine rings is 1. The van der Waals surface area contributed by atoms with E-state index in [9.17, 15) is 13.0 Å². The zero-order chi connectivity index (χ0) is 19.2. The molecule has 27 heavy (non-hydrogen) atoms. The van der Waals surface area contributed by atoms with Crippen molar-refractivity contribution in [1.82, 2.24) is 4.98 Å². The zero-order valence-electron chi connectivity index (χ0n) is 15.0. The van der Waals surface area contributed by atoms with E-state index in [1.54, 1.807) is 12.1 Å². The second-order valence-electron chi connectivity index (χ2n) is 6.75. The van der Waals surface area contributed by atoms with Gasteiger partial charge in [0.05, 0.1) is 10.4 Å². The monoisotopic (exact) mass is 385 g/mol. The van der Waals surface area contributed by atoms with Crippen LogP contribution in [0.5, 0.6) is 11.5 Å². The molecule has 6 nitrogen and oxygen atoms in total. The summed E-state index contributed by atoms with van der Waals surface area (Å²) >= 11 is 0. The molecular formula is C20H19NO5S. The highest BCUT2D eigenvalue weighted by molar-refractivity contribution is 7.85. The van der Waals surface area contributed by atoms with E-state index in [-0.39, 0.29) is 17.6 Å². The van der Waals surface area contributed by atoms with Crippen LogP contribution in [0.3, 0.4) is 0 Å². The molecule has 0 bridgehead atoms. The summed E-state index contributed by atoms with van der Waals surface area (Å²) in [5.41, 5.74) is 3.13. The molecule has 0 saturated carbocycles. The van der Waals surface area contributed by atoms with Crippen molar-refractivity contribution >= 4 is 21.0 Å². The predicted octanol–water partition coefficient (Wildman–Crippen LogP) is 3.48. The van der Waals surface area contributed by atoms with Gasteiger partial charge in [0.25, 0.3) is 10.1 Å². The summed E-state index contributed by atoms with van der Waals surface area (Å²) in [5.74, 6) is 1.25. The first kappa shape index (κ1) is 17.8. The first-order valence-corrected chi connectivity index (χ1v) is 10.0. The largest absolute Gasteiger partial charge is 0.486 e. The average Bonchev–Trinajstić information content (AvgIpc) is 2.60. The van der Waals surface area contributed by atoms with Crippen LogP contribution in [0, 0.1) is 13.8 Å². The lowest BCUT2D eigenvalue weighted by molar-refractivity contribution is 0.0929. The lowest BCUT2D eigenvalue weighted by Gasteiger charge is -2.28. The van der Waals surface area contributed by atoms with Crippen LogP contribution in [0.15, 0.2) is 47.4 Å². The van der Waals surface area contributed by atoms with Gasteiger partial charge >= 0.3 is 0 Å². The Hall–Kier alpha value is -2.64. The molecule has 0 aliphatic carbocycles. The fraction of sp³-hybridized carbons (Fsp3) is 0.250. The lowest BCUT2D eigenvalue weighted by atomic mass is 10.0. The van der Waals surface area contributed by atoms with Crippen LogP contribution in [-0.4, -0.2) is 30.7 Å². The van der Waals surface area contributed by atoms with Gasteiger partial charge in [0.15, 0.2) is 11.5 Å². The Labute approximate surface area is 157 Å². The van der Waals surface area contributed by atoms with Crippen molar-refractivity contribution in [3.8, 4) is 11.5 Å². The maximum Gasteiger partial charge on any atom is 0.294 e. The van der Waals surface area contributed by atoms with Crippen LogP contribution < -0.4 is 9.47 Å². The van der Waals surface area contributed by atoms with E-state index in [4.69, 9.17) is 9.47 Å². The number of aromatic nitrogens is 1. The smallest absolute Gasteiger partial charge is 0.294 e. The topological polar surface area (TPSA) is 85.7 Å². The van der Waals surface area contributed by atoms with Gasteiger partial charge in [-0.3, -0.25) is 9.54 Å². The molecule has 0 saturated heterocycles. The van der Waals surface area contributed by atoms with Crippen molar-refractivity contribution in [2.24, 2.45) is 0 Å². The van der Waals surface area contributed by atoms with E-state index in [0.717, 1.165) is 22.2 Å². The Morgan fingerprint density at radius 1 is 1.15 bits per heavy atom. The number of nitrogens with zero attached hydrogens (tertiary/aromatic N) is 1. The SMILES string of the molecule is Cc1ccc(S(=O)(=O)O)c(CC2COc3ccc4nc(C)ccc4c3O2)c1. The fourth-order valence-corrected chi connectivity index (χ4v) is 4.06. The summed E-state index contributed by atoms with van der Waals surface area (Å²) in [6, 6.07) is 12.4. The van der Waals surface area contributed by atoms with E-state index in [1.165, 1.54) is 6.07 Å². The van der Waals surface area contributed by atoms with Crippen LogP contribution in [0.2, 0.25) is 0 Å². The maximum atomic E-state index is 11.7. The van der Waals surface area contributed by atoms with Crippen molar-refractivity contribution in [1.29, 1.82) is 0 Å². The van der Waals surface area contributed by atoms with Crippen LogP contribution in [-0.2, 0) is 16.5 Å². The van der Waals surface area contributed by atoms with Gasteiger partial charge in [0.1, 0.15) is 12.7 Å². The third-order valence-corrected chi connectivity index (χ3v) is 5.53. The zero-order valence-corrected chi connectivity index (χ0v) is 15.8. The standard InChI is InChI=1S/C20H19NO5S/c1-12-3-8-19(27(22,23)24)14(9-12)10-15-11-25-18-7-6-17-16(20(18)26-15)5-4-13(2)21-17/h3-9,15H,10-11H2,1-2H3,(H,22,23,24). The van der Waals surface area contributed by atoms with Gasteiger partial charge in [-0.1, -0.05) is 17.7 Å². The molecule has 7 heteroatoms. The second-order valence-corrected chi connectivity index (χ2v) is 8.14. The summed E-state index contributed by atoms with van der Waals surface area (Å²) in [7, 11) is -4.31. The average molecular weight is 385 g/mol. The maximum absolute atomic E-state index is 11.7. The van der Waals surface area contributed by atoms with Crippen molar-refractivity contribution in [3.63, 3.8) is 0 Å². The molecule has 4 rings (SSSR count). The first-order chi connectivity index (χ1) is 12.8. The minimum Gasteiger partial charge on any atom is -0.486 e. The third kappa shape index (κ3) is 3.48. The van der Waals surface area contributed by atoms with Crippen LogP contribution in [0.4, 0.5) is 0 Å². The number of rotatable bonds is 3. The highest BCUT2D eigenvalue weighted by Gasteiger charge is 2.26. The predicted molar refractivity (Wildman–Crippen MR) is 101 cm³/mol. The van der Waals surface area contributed by atoms with Crippen molar-refractivity contribution in [2.45, 2.75) is 31.3 Å². The first-order valence-electron chi connectivity index (χ1n) is 8.58. The molecule has 0 radical (unpaired) electrons. The van der Waals surface area contributed by atoms with Gasteiger partial charge in [-0.2, -0.15) is 8.42 Å². The molecule has 0 amide bonds. The third-order valence-electron chi connectivity index (χ3n) is 4.58. The van der Waals surface area contributed by atoms with Gasteiger partial charge < -0.3 is 9.47 Å². The molecule has 2 aromatic carbocycles. The molecule has 3 aromatic rings. The molecule has 1 atom stereocenters. The minimum absolute atomic E-state index is 0.0993. The Balaban J connectivity index is 1.69. The van der Waals surface area contributed by atoms with Gasteiger partial charge in [0.2, 0.25) is 0 Å². The molecule has 1 aliphatic rings. The molecule has 140 valence electrons. The molecule has 1 N–H and O–H groups in total. The van der Waals surface area contributed by atoms with Crippen LogP contribution in [0.1, 0.15) is 16.8 Å². The highest BCUT2D eigenvalue weighted by Crippen LogP contribution is 2.39. The summed E-state index contributed by atoms with van der Waals surface area (Å²) in [4.78, 5) is 4.40. The summed E-state index contributed by atoms with van der Waals surface area (Å²) in [6.45, 7) is 4.08. The number of benzene rings is 2. The molecule has 1 aromatic heterocycles. The highest BCUT2D eigenvalue weighted by atomic mass is 32.2. The van der Waals surface area contributed by atoms with Crippen molar-refractivity contribution < 1.29 is 22.4 Å². The molecule has 0 fully saturated rings. The minimum atomic E-state index is -4.31. The second kappa shape index (κ2) is 6.51. The van der Waals surface area contributed by atoms with E-state index in [0.29, 0.717) is 23.5 Å². The van der Waals surface area contributed by atoms with Gasteiger partial charge in [0, 0.05) is 17.5 Å². The van der Waals surface area contributed by atoms with E-state index in [1.807, 2.05) is 38.1 Å². The van der Waals surface area contributed by atoms with Crippen molar-refractivity contribution in [2.75, 3.05) is 6.61 Å². The Morgan fingerprint density at radius 2 is 1.96 bits per heavy atom. The van der Waals surface area contributed by atoms with Crippen molar-refractivity contribution in [3.05, 3.63) is 59.3 Å². The normalized spacial score (nSPS) is 16.5. The number of hydrogen-bond donors (Lipinski definition) is 1. The number of aryl methyl sites for hydroxylation is 2. The van der Waals surface area contributed by atoms with Gasteiger partial charge in [-0.15, -0.1) is 0 Å². The molecule has 1 aliphatic heterocycles. The molecule has 2 heterocycles. The summed E-state index contributed by atoms with van der Waals surface area (Å²) < 4.78 is 44.9. The Bertz CT molecular complexity index is 1140. The van der Waals surface area contributed by atoms with Crippen LogP contribution >= 0.6 is 0 Å². The molecule has 1 unspecified atom stereocenters. The van der Waals surface area contributed by atoms with Gasteiger partial charge in [-0.05, 0) is 49.7 Å². The lowest BCUT2D eigenvalue weighted by Crippen LogP contribution is -2.31. The summed E-state index contributed by atoms with van der Waals surface area (Å²) in [6.07, 6.45) is -0.0851. The summed E-state index contributed by atoms with van der Waals surface area (Å²) in [5, 5.41) is 0.849.